The molecule has 0 saturated heterocycles. The second kappa shape index (κ2) is 9.98. The Balaban J connectivity index is 3.19. The van der Waals surface area contributed by atoms with Crippen LogP contribution in [-0.2, 0) is 0 Å². The van der Waals surface area contributed by atoms with Crippen LogP contribution >= 0.6 is 0 Å². The molecular formula is C18H29NO4. The molecule has 0 fully saturated rings. The highest BCUT2D eigenvalue weighted by Gasteiger charge is 2.20. The molecule has 0 aliphatic rings. The van der Waals surface area contributed by atoms with Gasteiger partial charge in [0.05, 0.1) is 19.8 Å². The van der Waals surface area contributed by atoms with E-state index < -0.39 is 0 Å². The summed E-state index contributed by atoms with van der Waals surface area (Å²) in [5, 5.41) is 0. The van der Waals surface area contributed by atoms with Gasteiger partial charge in [-0.05, 0) is 39.3 Å². The van der Waals surface area contributed by atoms with Gasteiger partial charge in [0.15, 0.2) is 11.5 Å². The van der Waals surface area contributed by atoms with E-state index in [0.29, 0.717) is 42.6 Å². The van der Waals surface area contributed by atoms with Crippen molar-refractivity contribution in [1.82, 2.24) is 4.90 Å². The molecule has 0 heterocycles. The van der Waals surface area contributed by atoms with Crippen LogP contribution in [0.4, 0.5) is 0 Å². The van der Waals surface area contributed by atoms with Crippen molar-refractivity contribution in [2.45, 2.75) is 40.5 Å². The number of unbranched alkanes of at least 4 members (excludes halogenated alkanes) is 1. The highest BCUT2D eigenvalue weighted by atomic mass is 16.5. The smallest absolute Gasteiger partial charge is 0.253 e. The number of hydrogen-bond donors (Lipinski definition) is 0. The van der Waals surface area contributed by atoms with Crippen LogP contribution in [0.1, 0.15) is 50.9 Å². The summed E-state index contributed by atoms with van der Waals surface area (Å²) >= 11 is 0. The molecule has 0 radical (unpaired) electrons. The Kier molecular flexibility index (Phi) is 8.30. The summed E-state index contributed by atoms with van der Waals surface area (Å²) in [5.41, 5.74) is 0.555. The van der Waals surface area contributed by atoms with Gasteiger partial charge in [-0.2, -0.15) is 0 Å². The molecule has 0 saturated carbocycles. The van der Waals surface area contributed by atoms with Crippen LogP contribution in [0.3, 0.4) is 0 Å². The van der Waals surface area contributed by atoms with Crippen LogP contribution in [0.5, 0.6) is 17.2 Å². The van der Waals surface area contributed by atoms with Crippen LogP contribution in [0.2, 0.25) is 0 Å². The van der Waals surface area contributed by atoms with Gasteiger partial charge in [0.1, 0.15) is 0 Å². The molecule has 0 atom stereocenters. The maximum Gasteiger partial charge on any atom is 0.253 e. The van der Waals surface area contributed by atoms with Gasteiger partial charge in [-0.3, -0.25) is 4.79 Å². The molecule has 1 aromatic carbocycles. The quantitative estimate of drug-likeness (QED) is 0.658. The minimum absolute atomic E-state index is 0.0385. The molecule has 130 valence electrons. The van der Waals surface area contributed by atoms with Crippen LogP contribution in [0.25, 0.3) is 0 Å². The fourth-order valence-corrected chi connectivity index (χ4v) is 2.23. The molecule has 0 spiro atoms. The number of ether oxygens (including phenoxy) is 3. The molecule has 0 N–H and O–H groups in total. The fourth-order valence-electron chi connectivity index (χ4n) is 2.23. The van der Waals surface area contributed by atoms with Crippen molar-refractivity contribution in [2.24, 2.45) is 0 Å². The monoisotopic (exact) mass is 323 g/mol. The first-order chi connectivity index (χ1) is 11.1. The number of benzene rings is 1. The lowest BCUT2D eigenvalue weighted by atomic mass is 10.1. The summed E-state index contributed by atoms with van der Waals surface area (Å²) in [6.45, 7) is 10.0. The van der Waals surface area contributed by atoms with Crippen LogP contribution in [-0.4, -0.2) is 44.2 Å². The number of hydrogen-bond acceptors (Lipinski definition) is 4. The predicted octanol–water partition coefficient (Wildman–Crippen LogP) is 3.75. The van der Waals surface area contributed by atoms with Gasteiger partial charge >= 0.3 is 0 Å². The number of carbonyl (C=O) groups excluding carboxylic acids is 1. The summed E-state index contributed by atoms with van der Waals surface area (Å²) in [4.78, 5) is 14.3. The SMILES string of the molecule is CCCCN(C)C(=O)c1cc(OCC)c(OCC)c(OCC)c1. The minimum Gasteiger partial charge on any atom is -0.490 e. The third-order valence-corrected chi connectivity index (χ3v) is 3.35. The van der Waals surface area contributed by atoms with Crippen molar-refractivity contribution in [1.29, 1.82) is 0 Å². The maximum atomic E-state index is 12.6. The van der Waals surface area contributed by atoms with Gasteiger partial charge in [0.25, 0.3) is 5.91 Å². The fraction of sp³-hybridized carbons (Fsp3) is 0.611. The molecule has 0 aliphatic carbocycles. The first kappa shape index (κ1) is 19.1. The molecule has 0 bridgehead atoms. The van der Waals surface area contributed by atoms with Gasteiger partial charge in [-0.15, -0.1) is 0 Å². The Morgan fingerprint density at radius 1 is 0.957 bits per heavy atom. The number of rotatable bonds is 10. The van der Waals surface area contributed by atoms with Crippen molar-refractivity contribution >= 4 is 5.91 Å². The molecule has 1 aromatic rings. The largest absolute Gasteiger partial charge is 0.490 e. The standard InChI is InChI=1S/C18H29NO4/c1-6-10-11-19(5)18(20)14-12-15(21-7-2)17(23-9-4)16(13-14)22-8-3/h12-13H,6-11H2,1-5H3. The molecule has 0 aliphatic heterocycles. The zero-order valence-corrected chi connectivity index (χ0v) is 15.0. The molecule has 5 heteroatoms. The van der Waals surface area contributed by atoms with E-state index in [4.69, 9.17) is 14.2 Å². The Hall–Kier alpha value is -1.91. The summed E-state index contributed by atoms with van der Waals surface area (Å²) in [6.07, 6.45) is 2.03. The van der Waals surface area contributed by atoms with Crippen LogP contribution < -0.4 is 14.2 Å². The van der Waals surface area contributed by atoms with E-state index in [2.05, 4.69) is 6.92 Å². The zero-order valence-electron chi connectivity index (χ0n) is 15.0. The van der Waals surface area contributed by atoms with E-state index in [1.807, 2.05) is 27.8 Å². The Morgan fingerprint density at radius 3 is 1.91 bits per heavy atom. The molecular weight excluding hydrogens is 294 g/mol. The molecule has 23 heavy (non-hydrogen) atoms. The molecule has 0 aromatic heterocycles. The van der Waals surface area contributed by atoms with E-state index in [1.165, 1.54) is 0 Å². The van der Waals surface area contributed by atoms with Crippen molar-refractivity contribution < 1.29 is 19.0 Å². The third-order valence-electron chi connectivity index (χ3n) is 3.35. The zero-order chi connectivity index (χ0) is 17.2. The lowest BCUT2D eigenvalue weighted by Crippen LogP contribution is -2.27. The first-order valence-electron chi connectivity index (χ1n) is 8.40. The van der Waals surface area contributed by atoms with E-state index in [-0.39, 0.29) is 5.91 Å². The van der Waals surface area contributed by atoms with Gasteiger partial charge in [0, 0.05) is 19.2 Å². The topological polar surface area (TPSA) is 48.0 Å². The number of amides is 1. The van der Waals surface area contributed by atoms with E-state index in [1.54, 1.807) is 17.0 Å². The Morgan fingerprint density at radius 2 is 1.48 bits per heavy atom. The summed E-state index contributed by atoms with van der Waals surface area (Å²) < 4.78 is 17.0. The molecule has 1 amide bonds. The number of carbonyl (C=O) groups is 1. The minimum atomic E-state index is -0.0385. The predicted molar refractivity (Wildman–Crippen MR) is 91.8 cm³/mol. The van der Waals surface area contributed by atoms with Gasteiger partial charge in [-0.1, -0.05) is 13.3 Å². The molecule has 1 rings (SSSR count). The third kappa shape index (κ3) is 5.34. The average molecular weight is 323 g/mol. The highest BCUT2D eigenvalue weighted by Crippen LogP contribution is 2.39. The lowest BCUT2D eigenvalue weighted by molar-refractivity contribution is 0.0792. The van der Waals surface area contributed by atoms with Crippen molar-refractivity contribution in [3.8, 4) is 17.2 Å². The van der Waals surface area contributed by atoms with Gasteiger partial charge in [-0.25, -0.2) is 0 Å². The summed E-state index contributed by atoms with van der Waals surface area (Å²) in [5.74, 6) is 1.62. The Bertz CT molecular complexity index is 475. The second-order valence-electron chi connectivity index (χ2n) is 5.18. The van der Waals surface area contributed by atoms with Gasteiger partial charge < -0.3 is 19.1 Å². The first-order valence-corrected chi connectivity index (χ1v) is 8.40. The lowest BCUT2D eigenvalue weighted by Gasteiger charge is -2.20. The summed E-state index contributed by atoms with van der Waals surface area (Å²) in [7, 11) is 1.81. The second-order valence-corrected chi connectivity index (χ2v) is 5.18. The Labute approximate surface area is 139 Å². The highest BCUT2D eigenvalue weighted by molar-refractivity contribution is 5.95. The van der Waals surface area contributed by atoms with Crippen molar-refractivity contribution in [2.75, 3.05) is 33.4 Å². The molecule has 5 nitrogen and oxygen atoms in total. The van der Waals surface area contributed by atoms with E-state index >= 15 is 0 Å². The summed E-state index contributed by atoms with van der Waals surface area (Å²) in [6, 6.07) is 3.48. The van der Waals surface area contributed by atoms with E-state index in [9.17, 15) is 4.79 Å². The maximum absolute atomic E-state index is 12.6. The van der Waals surface area contributed by atoms with Crippen molar-refractivity contribution in [3.05, 3.63) is 17.7 Å². The number of nitrogens with zero attached hydrogens (tertiary/aromatic N) is 1. The van der Waals surface area contributed by atoms with Crippen LogP contribution in [0.15, 0.2) is 12.1 Å². The van der Waals surface area contributed by atoms with E-state index in [0.717, 1.165) is 19.4 Å². The average Bonchev–Trinajstić information content (AvgIpc) is 2.55. The van der Waals surface area contributed by atoms with Gasteiger partial charge in [0.2, 0.25) is 5.75 Å². The van der Waals surface area contributed by atoms with Crippen molar-refractivity contribution in [3.63, 3.8) is 0 Å². The van der Waals surface area contributed by atoms with Crippen LogP contribution in [0, 0.1) is 0 Å². The molecule has 0 unspecified atom stereocenters. The normalized spacial score (nSPS) is 10.3.